The Bertz CT molecular complexity index is 744. The third-order valence-electron chi connectivity index (χ3n) is 3.76. The van der Waals surface area contributed by atoms with Gasteiger partial charge in [0.25, 0.3) is 0 Å². The summed E-state index contributed by atoms with van der Waals surface area (Å²) in [4.78, 5) is 8.80. The Morgan fingerprint density at radius 2 is 1.88 bits per heavy atom. The third kappa shape index (κ3) is 4.56. The van der Waals surface area contributed by atoms with Gasteiger partial charge in [0.15, 0.2) is 17.5 Å². The van der Waals surface area contributed by atoms with E-state index in [9.17, 15) is 0 Å². The van der Waals surface area contributed by atoms with E-state index in [1.54, 1.807) is 26.0 Å². The van der Waals surface area contributed by atoms with Gasteiger partial charge in [-0.15, -0.1) is 0 Å². The van der Waals surface area contributed by atoms with Crippen LogP contribution in [0.15, 0.2) is 23.5 Å². The number of methoxy groups -OCH3 is 3. The molecule has 0 fully saturated rings. The van der Waals surface area contributed by atoms with Crippen LogP contribution in [-0.2, 0) is 20.1 Å². The van der Waals surface area contributed by atoms with Crippen LogP contribution in [0.2, 0.25) is 0 Å². The maximum absolute atomic E-state index is 5.50. The minimum absolute atomic E-state index is 0.414. The summed E-state index contributed by atoms with van der Waals surface area (Å²) < 4.78 is 17.9. The molecular formula is C17H26N6O3. The number of ether oxygens (including phenoxy) is 3. The smallest absolute Gasteiger partial charge is 0.203 e. The van der Waals surface area contributed by atoms with E-state index in [1.807, 2.05) is 26.1 Å². The molecule has 0 saturated heterocycles. The van der Waals surface area contributed by atoms with Gasteiger partial charge in [0.2, 0.25) is 5.75 Å². The SMILES string of the molecule is CCNC(=NCc1ccc(OC)c(OC)c1OC)NCc1ncnn1C. The topological polar surface area (TPSA) is 94.8 Å². The summed E-state index contributed by atoms with van der Waals surface area (Å²) >= 11 is 0. The Hall–Kier alpha value is -2.97. The first-order valence-electron chi connectivity index (χ1n) is 8.27. The number of rotatable bonds is 8. The molecule has 9 nitrogen and oxygen atoms in total. The standard InChI is InChI=1S/C17H26N6O3/c1-6-18-17(20-10-14-21-11-22-23(14)2)19-9-12-7-8-13(24-3)16(26-5)15(12)25-4/h7-8,11H,6,9-10H2,1-5H3,(H2,18,19,20). The van der Waals surface area contributed by atoms with Crippen molar-refractivity contribution in [3.05, 3.63) is 29.8 Å². The monoisotopic (exact) mass is 362 g/mol. The molecule has 142 valence electrons. The number of aliphatic imine (C=N–C) groups is 1. The highest BCUT2D eigenvalue weighted by atomic mass is 16.5. The van der Waals surface area contributed by atoms with Crippen LogP contribution in [0.1, 0.15) is 18.3 Å². The number of hydrogen-bond donors (Lipinski definition) is 2. The summed E-state index contributed by atoms with van der Waals surface area (Å²) in [5, 5.41) is 10.5. The zero-order valence-electron chi connectivity index (χ0n) is 15.9. The zero-order chi connectivity index (χ0) is 18.9. The molecule has 1 aromatic carbocycles. The Morgan fingerprint density at radius 1 is 1.12 bits per heavy atom. The van der Waals surface area contributed by atoms with Crippen LogP contribution in [0, 0.1) is 0 Å². The van der Waals surface area contributed by atoms with Gasteiger partial charge in [-0.05, 0) is 19.1 Å². The van der Waals surface area contributed by atoms with Gasteiger partial charge in [-0.2, -0.15) is 5.10 Å². The Kier molecular flexibility index (Phi) is 7.07. The third-order valence-corrected chi connectivity index (χ3v) is 3.76. The number of guanidine groups is 1. The molecule has 1 aromatic heterocycles. The van der Waals surface area contributed by atoms with Gasteiger partial charge in [0.05, 0.1) is 34.4 Å². The van der Waals surface area contributed by atoms with Gasteiger partial charge >= 0.3 is 0 Å². The van der Waals surface area contributed by atoms with Gasteiger partial charge in [-0.3, -0.25) is 4.68 Å². The summed E-state index contributed by atoms with van der Waals surface area (Å²) in [5.74, 6) is 3.27. The highest BCUT2D eigenvalue weighted by molar-refractivity contribution is 5.79. The largest absolute Gasteiger partial charge is 0.493 e. The predicted octanol–water partition coefficient (Wildman–Crippen LogP) is 1.10. The quantitative estimate of drug-likeness (QED) is 0.536. The molecule has 2 rings (SSSR count). The van der Waals surface area contributed by atoms with E-state index in [0.29, 0.717) is 36.3 Å². The second-order valence-corrected chi connectivity index (χ2v) is 5.34. The molecule has 0 amide bonds. The lowest BCUT2D eigenvalue weighted by atomic mass is 10.1. The molecular weight excluding hydrogens is 336 g/mol. The van der Waals surface area contributed by atoms with Crippen molar-refractivity contribution in [2.75, 3.05) is 27.9 Å². The van der Waals surface area contributed by atoms with Crippen LogP contribution < -0.4 is 24.8 Å². The Balaban J connectivity index is 2.17. The highest BCUT2D eigenvalue weighted by Crippen LogP contribution is 2.39. The van der Waals surface area contributed by atoms with Crippen LogP contribution in [0.4, 0.5) is 0 Å². The molecule has 1 heterocycles. The van der Waals surface area contributed by atoms with E-state index in [0.717, 1.165) is 17.9 Å². The minimum Gasteiger partial charge on any atom is -0.493 e. The molecule has 0 aliphatic heterocycles. The summed E-state index contributed by atoms with van der Waals surface area (Å²) in [7, 11) is 6.62. The van der Waals surface area contributed by atoms with E-state index in [1.165, 1.54) is 6.33 Å². The lowest BCUT2D eigenvalue weighted by molar-refractivity contribution is 0.322. The average Bonchev–Trinajstić information content (AvgIpc) is 3.07. The lowest BCUT2D eigenvalue weighted by Gasteiger charge is -2.15. The molecule has 0 unspecified atom stereocenters. The fourth-order valence-electron chi connectivity index (χ4n) is 2.44. The van der Waals surface area contributed by atoms with Crippen molar-refractivity contribution in [2.24, 2.45) is 12.0 Å². The Labute approximate surface area is 153 Å². The number of aryl methyl sites for hydroxylation is 1. The number of nitrogens with zero attached hydrogens (tertiary/aromatic N) is 4. The molecule has 9 heteroatoms. The molecule has 26 heavy (non-hydrogen) atoms. The molecule has 0 bridgehead atoms. The van der Waals surface area contributed by atoms with Crippen LogP contribution in [0.3, 0.4) is 0 Å². The second kappa shape index (κ2) is 9.50. The Morgan fingerprint density at radius 3 is 2.46 bits per heavy atom. The van der Waals surface area contributed by atoms with Gasteiger partial charge in [0, 0.05) is 19.2 Å². The van der Waals surface area contributed by atoms with Crippen LogP contribution in [0.25, 0.3) is 0 Å². The maximum Gasteiger partial charge on any atom is 0.203 e. The van der Waals surface area contributed by atoms with Crippen molar-refractivity contribution in [2.45, 2.75) is 20.0 Å². The van der Waals surface area contributed by atoms with Crippen molar-refractivity contribution in [3.8, 4) is 17.2 Å². The number of benzene rings is 1. The highest BCUT2D eigenvalue weighted by Gasteiger charge is 2.15. The first-order chi connectivity index (χ1) is 12.6. The average molecular weight is 362 g/mol. The van der Waals surface area contributed by atoms with E-state index in [2.05, 4.69) is 25.7 Å². The molecule has 0 saturated carbocycles. The molecule has 0 aliphatic carbocycles. The fraction of sp³-hybridized carbons (Fsp3) is 0.471. The van der Waals surface area contributed by atoms with E-state index in [4.69, 9.17) is 14.2 Å². The van der Waals surface area contributed by atoms with E-state index >= 15 is 0 Å². The molecule has 0 spiro atoms. The maximum atomic E-state index is 5.50. The molecule has 0 aliphatic rings. The lowest BCUT2D eigenvalue weighted by Crippen LogP contribution is -2.37. The van der Waals surface area contributed by atoms with E-state index < -0.39 is 0 Å². The summed E-state index contributed by atoms with van der Waals surface area (Å²) in [5.41, 5.74) is 0.890. The normalized spacial score (nSPS) is 11.2. The summed E-state index contributed by atoms with van der Waals surface area (Å²) in [6.07, 6.45) is 1.52. The molecule has 2 aromatic rings. The number of nitrogens with one attached hydrogen (secondary N) is 2. The molecule has 2 N–H and O–H groups in total. The van der Waals surface area contributed by atoms with Crippen molar-refractivity contribution >= 4 is 5.96 Å². The second-order valence-electron chi connectivity index (χ2n) is 5.34. The van der Waals surface area contributed by atoms with Crippen LogP contribution in [-0.4, -0.2) is 48.6 Å². The first kappa shape index (κ1) is 19.4. The van der Waals surface area contributed by atoms with Crippen molar-refractivity contribution < 1.29 is 14.2 Å². The van der Waals surface area contributed by atoms with Crippen LogP contribution >= 0.6 is 0 Å². The van der Waals surface area contributed by atoms with Gasteiger partial charge < -0.3 is 24.8 Å². The molecule has 0 radical (unpaired) electrons. The van der Waals surface area contributed by atoms with Gasteiger partial charge in [-0.1, -0.05) is 0 Å². The number of hydrogen-bond acceptors (Lipinski definition) is 6. The van der Waals surface area contributed by atoms with E-state index in [-0.39, 0.29) is 0 Å². The van der Waals surface area contributed by atoms with Crippen molar-refractivity contribution in [3.63, 3.8) is 0 Å². The van der Waals surface area contributed by atoms with Gasteiger partial charge in [0.1, 0.15) is 12.2 Å². The zero-order valence-corrected chi connectivity index (χ0v) is 15.9. The fourth-order valence-corrected chi connectivity index (χ4v) is 2.44. The van der Waals surface area contributed by atoms with Crippen LogP contribution in [0.5, 0.6) is 17.2 Å². The number of aromatic nitrogens is 3. The molecule has 0 atom stereocenters. The summed E-state index contributed by atoms with van der Waals surface area (Å²) in [6.45, 7) is 3.69. The summed E-state index contributed by atoms with van der Waals surface area (Å²) in [6, 6.07) is 3.75. The minimum atomic E-state index is 0.414. The predicted molar refractivity (Wildman–Crippen MR) is 98.8 cm³/mol. The first-order valence-corrected chi connectivity index (χ1v) is 8.27. The van der Waals surface area contributed by atoms with Gasteiger partial charge in [-0.25, -0.2) is 9.98 Å². The van der Waals surface area contributed by atoms with Crippen molar-refractivity contribution in [1.82, 2.24) is 25.4 Å². The van der Waals surface area contributed by atoms with Crippen molar-refractivity contribution in [1.29, 1.82) is 0 Å².